The van der Waals surface area contributed by atoms with Gasteiger partial charge >= 0.3 is 0 Å². The summed E-state index contributed by atoms with van der Waals surface area (Å²) in [6, 6.07) is 6.54. The first kappa shape index (κ1) is 15.8. The van der Waals surface area contributed by atoms with Crippen molar-refractivity contribution in [2.24, 2.45) is 11.1 Å². The SMILES string of the molecule is CC1(C)CC(=O)c2cc(O)n(-c3ccc(C(N)=O)c(Br)c3)c2C1. The number of fused-ring (bicyclic) bond motifs is 1. The van der Waals surface area contributed by atoms with Crippen molar-refractivity contribution in [1.82, 2.24) is 4.57 Å². The lowest BCUT2D eigenvalue weighted by Crippen LogP contribution is -2.27. The molecule has 1 aromatic carbocycles. The summed E-state index contributed by atoms with van der Waals surface area (Å²) in [7, 11) is 0. The second kappa shape index (κ2) is 5.23. The van der Waals surface area contributed by atoms with Crippen LogP contribution in [0, 0.1) is 5.41 Å². The minimum absolute atomic E-state index is 0.0137. The molecule has 0 atom stereocenters. The Kier molecular flexibility index (Phi) is 3.59. The van der Waals surface area contributed by atoms with Gasteiger partial charge in [0, 0.05) is 33.9 Å². The van der Waals surface area contributed by atoms with Crippen LogP contribution >= 0.6 is 15.9 Å². The largest absolute Gasteiger partial charge is 0.494 e. The number of carbonyl (C=O) groups is 2. The van der Waals surface area contributed by atoms with E-state index in [4.69, 9.17) is 5.73 Å². The van der Waals surface area contributed by atoms with Crippen LogP contribution in [-0.2, 0) is 6.42 Å². The summed E-state index contributed by atoms with van der Waals surface area (Å²) in [5.41, 5.74) is 7.55. The second-order valence-corrected chi connectivity index (χ2v) is 7.52. The van der Waals surface area contributed by atoms with Gasteiger partial charge in [-0.25, -0.2) is 0 Å². The molecule has 1 aliphatic carbocycles. The second-order valence-electron chi connectivity index (χ2n) is 6.67. The molecule has 1 aromatic heterocycles. The molecule has 2 aromatic rings. The molecule has 0 unspecified atom stereocenters. The number of hydrogen-bond acceptors (Lipinski definition) is 3. The first-order chi connectivity index (χ1) is 10.7. The maximum absolute atomic E-state index is 12.3. The fraction of sp³-hybridized carbons (Fsp3) is 0.294. The molecule has 1 aliphatic rings. The van der Waals surface area contributed by atoms with Gasteiger partial charge in [-0.05, 0) is 46.0 Å². The van der Waals surface area contributed by atoms with E-state index in [1.54, 1.807) is 22.8 Å². The molecule has 120 valence electrons. The molecule has 0 radical (unpaired) electrons. The van der Waals surface area contributed by atoms with Crippen molar-refractivity contribution in [3.8, 4) is 11.6 Å². The summed E-state index contributed by atoms with van der Waals surface area (Å²) in [5.74, 6) is -0.476. The van der Waals surface area contributed by atoms with Gasteiger partial charge in [0.2, 0.25) is 5.91 Å². The van der Waals surface area contributed by atoms with Crippen LogP contribution in [0.15, 0.2) is 28.7 Å². The fourth-order valence-corrected chi connectivity index (χ4v) is 3.69. The van der Waals surface area contributed by atoms with Crippen LogP contribution in [0.5, 0.6) is 5.88 Å². The van der Waals surface area contributed by atoms with Crippen LogP contribution in [0.4, 0.5) is 0 Å². The van der Waals surface area contributed by atoms with Crippen molar-refractivity contribution in [3.63, 3.8) is 0 Å². The van der Waals surface area contributed by atoms with Crippen LogP contribution in [0.2, 0.25) is 0 Å². The fourth-order valence-electron chi connectivity index (χ4n) is 3.13. The Bertz CT molecular complexity index is 837. The Morgan fingerprint density at radius 2 is 2.00 bits per heavy atom. The zero-order valence-electron chi connectivity index (χ0n) is 12.9. The number of rotatable bonds is 2. The van der Waals surface area contributed by atoms with Crippen molar-refractivity contribution in [2.45, 2.75) is 26.7 Å². The van der Waals surface area contributed by atoms with Gasteiger partial charge in [0.05, 0.1) is 5.56 Å². The highest BCUT2D eigenvalue weighted by Crippen LogP contribution is 2.39. The van der Waals surface area contributed by atoms with Crippen LogP contribution in [0.1, 0.15) is 46.7 Å². The highest BCUT2D eigenvalue weighted by Gasteiger charge is 2.34. The van der Waals surface area contributed by atoms with E-state index in [0.717, 1.165) is 5.69 Å². The van der Waals surface area contributed by atoms with E-state index >= 15 is 0 Å². The molecule has 3 rings (SSSR count). The minimum atomic E-state index is -0.529. The van der Waals surface area contributed by atoms with Gasteiger partial charge in [-0.15, -0.1) is 0 Å². The van der Waals surface area contributed by atoms with Gasteiger partial charge in [0.25, 0.3) is 0 Å². The minimum Gasteiger partial charge on any atom is -0.494 e. The third-order valence-electron chi connectivity index (χ3n) is 4.15. The van der Waals surface area contributed by atoms with Crippen LogP contribution in [0.3, 0.4) is 0 Å². The van der Waals surface area contributed by atoms with Crippen LogP contribution < -0.4 is 5.73 Å². The summed E-state index contributed by atoms with van der Waals surface area (Å²) >= 11 is 3.33. The van der Waals surface area contributed by atoms with E-state index in [2.05, 4.69) is 15.9 Å². The molecule has 0 aliphatic heterocycles. The Morgan fingerprint density at radius 1 is 1.30 bits per heavy atom. The maximum atomic E-state index is 12.3. The van der Waals surface area contributed by atoms with E-state index in [1.165, 1.54) is 6.07 Å². The molecule has 23 heavy (non-hydrogen) atoms. The quantitative estimate of drug-likeness (QED) is 0.843. The standard InChI is InChI=1S/C17H17BrN2O3/c1-17(2)7-13-11(14(21)8-17)6-15(22)20(13)9-3-4-10(16(19)23)12(18)5-9/h3-6,22H,7-8H2,1-2H3,(H2,19,23). The van der Waals surface area contributed by atoms with E-state index < -0.39 is 5.91 Å². The molecule has 1 amide bonds. The van der Waals surface area contributed by atoms with Gasteiger partial charge in [-0.1, -0.05) is 13.8 Å². The number of aromatic hydroxyl groups is 1. The number of Topliss-reactive ketones (excluding diaryl/α,β-unsaturated/α-hetero) is 1. The zero-order valence-corrected chi connectivity index (χ0v) is 14.5. The molecule has 6 heteroatoms. The lowest BCUT2D eigenvalue weighted by atomic mass is 9.76. The summed E-state index contributed by atoms with van der Waals surface area (Å²) in [4.78, 5) is 23.7. The van der Waals surface area contributed by atoms with E-state index in [0.29, 0.717) is 34.1 Å². The number of ketones is 1. The van der Waals surface area contributed by atoms with E-state index in [1.807, 2.05) is 13.8 Å². The summed E-state index contributed by atoms with van der Waals surface area (Å²) in [6.07, 6.45) is 1.15. The molecule has 1 heterocycles. The summed E-state index contributed by atoms with van der Waals surface area (Å²) in [6.45, 7) is 4.07. The molecule has 5 nitrogen and oxygen atoms in total. The summed E-state index contributed by atoms with van der Waals surface area (Å²) in [5, 5.41) is 10.3. The van der Waals surface area contributed by atoms with Crippen LogP contribution in [0.25, 0.3) is 5.69 Å². The number of aromatic nitrogens is 1. The number of carbonyl (C=O) groups excluding carboxylic acids is 2. The third-order valence-corrected chi connectivity index (χ3v) is 4.80. The molecule has 0 spiro atoms. The van der Waals surface area contributed by atoms with Gasteiger partial charge < -0.3 is 10.8 Å². The number of benzene rings is 1. The van der Waals surface area contributed by atoms with Crippen molar-refractivity contribution in [1.29, 1.82) is 0 Å². The first-order valence-electron chi connectivity index (χ1n) is 7.26. The maximum Gasteiger partial charge on any atom is 0.249 e. The lowest BCUT2D eigenvalue weighted by Gasteiger charge is -2.29. The van der Waals surface area contributed by atoms with Gasteiger partial charge in [0.15, 0.2) is 11.7 Å². The average molecular weight is 377 g/mol. The highest BCUT2D eigenvalue weighted by molar-refractivity contribution is 9.10. The zero-order chi connectivity index (χ0) is 16.9. The Morgan fingerprint density at radius 3 is 2.61 bits per heavy atom. The Labute approximate surface area is 142 Å². The van der Waals surface area contributed by atoms with Crippen LogP contribution in [-0.4, -0.2) is 21.4 Å². The third kappa shape index (κ3) is 2.67. The molecule has 0 bridgehead atoms. The molecule has 0 saturated carbocycles. The number of nitrogens with zero attached hydrogens (tertiary/aromatic N) is 1. The average Bonchev–Trinajstić information content (AvgIpc) is 2.73. The predicted molar refractivity (Wildman–Crippen MR) is 90.1 cm³/mol. The van der Waals surface area contributed by atoms with Gasteiger partial charge in [-0.2, -0.15) is 0 Å². The molecule has 0 fully saturated rings. The smallest absolute Gasteiger partial charge is 0.249 e. The van der Waals surface area contributed by atoms with Gasteiger partial charge in [-0.3, -0.25) is 14.2 Å². The lowest BCUT2D eigenvalue weighted by molar-refractivity contribution is 0.0910. The summed E-state index contributed by atoms with van der Waals surface area (Å²) < 4.78 is 2.20. The highest BCUT2D eigenvalue weighted by atomic mass is 79.9. The number of primary amides is 1. The monoisotopic (exact) mass is 376 g/mol. The number of hydrogen-bond donors (Lipinski definition) is 2. The molecule has 3 N–H and O–H groups in total. The first-order valence-corrected chi connectivity index (χ1v) is 8.05. The van der Waals surface area contributed by atoms with Gasteiger partial charge in [0.1, 0.15) is 0 Å². The molecular formula is C17H17BrN2O3. The van der Waals surface area contributed by atoms with Crippen molar-refractivity contribution < 1.29 is 14.7 Å². The number of amides is 1. The molecular weight excluding hydrogens is 360 g/mol. The number of nitrogens with two attached hydrogens (primary N) is 1. The topological polar surface area (TPSA) is 85.3 Å². The normalized spacial score (nSPS) is 16.2. The van der Waals surface area contributed by atoms with Crippen molar-refractivity contribution >= 4 is 27.6 Å². The van der Waals surface area contributed by atoms with E-state index in [-0.39, 0.29) is 17.1 Å². The Balaban J connectivity index is 2.17. The molecule has 0 saturated heterocycles. The van der Waals surface area contributed by atoms with Crippen molar-refractivity contribution in [2.75, 3.05) is 0 Å². The van der Waals surface area contributed by atoms with E-state index in [9.17, 15) is 14.7 Å². The number of halogens is 1. The Hall–Kier alpha value is -2.08. The predicted octanol–water partition coefficient (Wildman–Crippen LogP) is 3.20. The van der Waals surface area contributed by atoms with Crippen molar-refractivity contribution in [3.05, 3.63) is 45.6 Å².